The summed E-state index contributed by atoms with van der Waals surface area (Å²) in [5.74, 6) is -1.62. The largest absolute Gasteiger partial charge is 0.359 e. The Morgan fingerprint density at radius 1 is 0.958 bits per heavy atom. The number of hydrogen-bond acceptors (Lipinski definition) is 5. The molecule has 2 aromatic carbocycles. The number of carbonyl (C=O) groups is 2. The third-order valence-corrected chi connectivity index (χ3v) is 3.33. The highest BCUT2D eigenvalue weighted by Gasteiger charge is 2.44. The van der Waals surface area contributed by atoms with Gasteiger partial charge in [0.2, 0.25) is 0 Å². The average Bonchev–Trinajstić information content (AvgIpc) is 2.64. The molecule has 2 amide bonds. The van der Waals surface area contributed by atoms with E-state index >= 15 is 0 Å². The molecule has 1 unspecified atom stereocenters. The molecule has 0 saturated carbocycles. The van der Waals surface area contributed by atoms with Crippen LogP contribution in [0.3, 0.4) is 0 Å². The summed E-state index contributed by atoms with van der Waals surface area (Å²) in [7, 11) is 2.40. The molecule has 0 bridgehead atoms. The van der Waals surface area contributed by atoms with Crippen molar-refractivity contribution in [3.8, 4) is 0 Å². The van der Waals surface area contributed by atoms with E-state index in [0.29, 0.717) is 10.8 Å². The standard InChI is InChI=1S/C17H18N2O5/c1-23-19(24-2)16(21)17(22,14-11-7-4-8-12-14)18-15(20)13-9-5-3-6-10-13/h3-12,22H,1-2H3,(H,18,20). The quantitative estimate of drug-likeness (QED) is 0.614. The van der Waals surface area contributed by atoms with Crippen molar-refractivity contribution in [3.63, 3.8) is 0 Å². The molecule has 2 N–H and O–H groups in total. The van der Waals surface area contributed by atoms with Gasteiger partial charge in [-0.1, -0.05) is 53.8 Å². The predicted octanol–water partition coefficient (Wildman–Crippen LogP) is 1.21. The zero-order chi connectivity index (χ0) is 17.6. The van der Waals surface area contributed by atoms with Crippen LogP contribution in [0.2, 0.25) is 0 Å². The van der Waals surface area contributed by atoms with Gasteiger partial charge >= 0.3 is 5.91 Å². The van der Waals surface area contributed by atoms with Crippen LogP contribution in [0.4, 0.5) is 0 Å². The van der Waals surface area contributed by atoms with Gasteiger partial charge in [-0.05, 0) is 12.1 Å². The van der Waals surface area contributed by atoms with Crippen molar-refractivity contribution < 1.29 is 24.4 Å². The van der Waals surface area contributed by atoms with Gasteiger partial charge < -0.3 is 10.4 Å². The van der Waals surface area contributed by atoms with Gasteiger partial charge in [0.1, 0.15) is 0 Å². The van der Waals surface area contributed by atoms with Gasteiger partial charge in [-0.3, -0.25) is 9.59 Å². The lowest BCUT2D eigenvalue weighted by Gasteiger charge is -2.31. The van der Waals surface area contributed by atoms with Crippen molar-refractivity contribution in [2.24, 2.45) is 0 Å². The molecule has 0 radical (unpaired) electrons. The molecule has 7 heteroatoms. The molecule has 1 atom stereocenters. The molecule has 2 rings (SSSR count). The molecular formula is C17H18N2O5. The first-order valence-electron chi connectivity index (χ1n) is 7.11. The third kappa shape index (κ3) is 3.60. The maximum atomic E-state index is 12.6. The van der Waals surface area contributed by atoms with Crippen molar-refractivity contribution >= 4 is 11.8 Å². The molecular weight excluding hydrogens is 312 g/mol. The predicted molar refractivity (Wildman–Crippen MR) is 85.1 cm³/mol. The van der Waals surface area contributed by atoms with Crippen molar-refractivity contribution in [1.82, 2.24) is 10.5 Å². The number of aliphatic hydroxyl groups is 1. The summed E-state index contributed by atoms with van der Waals surface area (Å²) in [4.78, 5) is 34.6. The molecule has 7 nitrogen and oxygen atoms in total. The van der Waals surface area contributed by atoms with Crippen LogP contribution in [0.25, 0.3) is 0 Å². The number of nitrogens with one attached hydrogen (secondary N) is 1. The number of nitrogens with zero attached hydrogens (tertiary/aromatic N) is 1. The second-order valence-electron chi connectivity index (χ2n) is 4.82. The van der Waals surface area contributed by atoms with Crippen LogP contribution in [0, 0.1) is 0 Å². The summed E-state index contributed by atoms with van der Waals surface area (Å²) in [6.45, 7) is 0. The minimum atomic E-state index is -2.36. The Hall–Kier alpha value is -2.74. The summed E-state index contributed by atoms with van der Waals surface area (Å²) in [6.07, 6.45) is 0. The maximum Gasteiger partial charge on any atom is 0.330 e. The average molecular weight is 330 g/mol. The molecule has 126 valence electrons. The first-order valence-corrected chi connectivity index (χ1v) is 7.11. The molecule has 0 aromatic heterocycles. The monoisotopic (exact) mass is 330 g/mol. The van der Waals surface area contributed by atoms with Crippen molar-refractivity contribution in [2.45, 2.75) is 5.72 Å². The Bertz CT molecular complexity index is 689. The number of hydroxylamine groups is 2. The highest BCUT2D eigenvalue weighted by molar-refractivity contribution is 5.98. The first-order chi connectivity index (χ1) is 11.5. The van der Waals surface area contributed by atoms with Crippen LogP contribution in [-0.4, -0.2) is 36.4 Å². The van der Waals surface area contributed by atoms with Gasteiger partial charge in [0.15, 0.2) is 0 Å². The highest BCUT2D eigenvalue weighted by atomic mass is 16.9. The Morgan fingerprint density at radius 2 is 1.46 bits per heavy atom. The number of hydrogen-bond donors (Lipinski definition) is 2. The van der Waals surface area contributed by atoms with E-state index in [-0.39, 0.29) is 5.56 Å². The fourth-order valence-electron chi connectivity index (χ4n) is 2.13. The maximum absolute atomic E-state index is 12.6. The topological polar surface area (TPSA) is 88.1 Å². The normalized spacial score (nSPS) is 13.0. The van der Waals surface area contributed by atoms with E-state index in [2.05, 4.69) is 5.32 Å². The van der Waals surface area contributed by atoms with E-state index in [0.717, 1.165) is 0 Å². The molecule has 0 heterocycles. The fourth-order valence-corrected chi connectivity index (χ4v) is 2.13. The summed E-state index contributed by atoms with van der Waals surface area (Å²) in [5.41, 5.74) is -1.90. The second kappa shape index (κ2) is 7.69. The Kier molecular flexibility index (Phi) is 5.64. The van der Waals surface area contributed by atoms with Crippen LogP contribution in [0.1, 0.15) is 15.9 Å². The molecule has 0 aliphatic carbocycles. The van der Waals surface area contributed by atoms with Gasteiger partial charge in [-0.15, -0.1) is 0 Å². The summed E-state index contributed by atoms with van der Waals surface area (Å²) < 4.78 is 0. The van der Waals surface area contributed by atoms with E-state index in [1.165, 1.54) is 26.4 Å². The van der Waals surface area contributed by atoms with Crippen LogP contribution in [0.5, 0.6) is 0 Å². The zero-order valence-electron chi connectivity index (χ0n) is 13.3. The molecule has 2 aromatic rings. The SMILES string of the molecule is CON(OC)C(=O)C(O)(NC(=O)c1ccccc1)c1ccccc1. The summed E-state index contributed by atoms with van der Waals surface area (Å²) in [5, 5.41) is 13.8. The Labute approximate surface area is 139 Å². The molecule has 0 spiro atoms. The van der Waals surface area contributed by atoms with Crippen molar-refractivity contribution in [3.05, 3.63) is 71.8 Å². The first kappa shape index (κ1) is 17.6. The van der Waals surface area contributed by atoms with Crippen molar-refractivity contribution in [1.29, 1.82) is 0 Å². The van der Waals surface area contributed by atoms with Crippen molar-refractivity contribution in [2.75, 3.05) is 14.2 Å². The minimum Gasteiger partial charge on any atom is -0.359 e. The van der Waals surface area contributed by atoms with Gasteiger partial charge in [0, 0.05) is 11.1 Å². The van der Waals surface area contributed by atoms with Crippen LogP contribution >= 0.6 is 0 Å². The lowest BCUT2D eigenvalue weighted by molar-refractivity contribution is -0.327. The lowest BCUT2D eigenvalue weighted by atomic mass is 10.0. The summed E-state index contributed by atoms with van der Waals surface area (Å²) >= 11 is 0. The smallest absolute Gasteiger partial charge is 0.330 e. The molecule has 0 aliphatic rings. The van der Waals surface area contributed by atoms with Gasteiger partial charge in [-0.25, -0.2) is 9.68 Å². The Balaban J connectivity index is 2.40. The lowest BCUT2D eigenvalue weighted by Crippen LogP contribution is -2.57. The van der Waals surface area contributed by atoms with Gasteiger partial charge in [-0.2, -0.15) is 0 Å². The third-order valence-electron chi connectivity index (χ3n) is 3.33. The molecule has 24 heavy (non-hydrogen) atoms. The second-order valence-corrected chi connectivity index (χ2v) is 4.82. The number of rotatable bonds is 6. The molecule has 0 saturated heterocycles. The van der Waals surface area contributed by atoms with Gasteiger partial charge in [0.05, 0.1) is 14.2 Å². The van der Waals surface area contributed by atoms with Gasteiger partial charge in [0.25, 0.3) is 11.6 Å². The fraction of sp³-hybridized carbons (Fsp3) is 0.176. The number of benzene rings is 2. The summed E-state index contributed by atoms with van der Waals surface area (Å²) in [6, 6.07) is 16.2. The van der Waals surface area contributed by atoms with Crippen LogP contribution in [0.15, 0.2) is 60.7 Å². The zero-order valence-corrected chi connectivity index (χ0v) is 13.3. The van der Waals surface area contributed by atoms with E-state index in [9.17, 15) is 14.7 Å². The van der Waals surface area contributed by atoms with E-state index < -0.39 is 17.5 Å². The number of amides is 2. The number of carbonyl (C=O) groups excluding carboxylic acids is 2. The Morgan fingerprint density at radius 3 is 1.96 bits per heavy atom. The minimum absolute atomic E-state index is 0.165. The van der Waals surface area contributed by atoms with E-state index in [4.69, 9.17) is 9.68 Å². The van der Waals surface area contributed by atoms with Crippen LogP contribution < -0.4 is 5.32 Å². The van der Waals surface area contributed by atoms with E-state index in [1.807, 2.05) is 0 Å². The highest BCUT2D eigenvalue weighted by Crippen LogP contribution is 2.22. The molecule has 0 aliphatic heterocycles. The van der Waals surface area contributed by atoms with E-state index in [1.54, 1.807) is 48.5 Å². The molecule has 0 fully saturated rings. The van der Waals surface area contributed by atoms with Crippen LogP contribution in [-0.2, 0) is 20.2 Å².